The van der Waals surface area contributed by atoms with Gasteiger partial charge in [-0.3, -0.25) is 14.3 Å². The number of nitrogens with two attached hydrogens (primary N) is 1. The van der Waals surface area contributed by atoms with Crippen molar-refractivity contribution < 1.29 is 14.9 Å². The Morgan fingerprint density at radius 2 is 2.18 bits per heavy atom. The van der Waals surface area contributed by atoms with Gasteiger partial charge in [0.15, 0.2) is 5.82 Å². The largest absolute Gasteiger partial charge is 0.396 e. The fourth-order valence-electron chi connectivity index (χ4n) is 2.27. The van der Waals surface area contributed by atoms with E-state index in [0.29, 0.717) is 24.5 Å². The topological polar surface area (TPSA) is 117 Å². The first-order chi connectivity index (χ1) is 10.0. The van der Waals surface area contributed by atoms with Crippen LogP contribution < -0.4 is 21.1 Å². The Bertz CT molecular complexity index is 567. The Morgan fingerprint density at radius 3 is 2.77 bits per heavy atom. The predicted octanol–water partition coefficient (Wildman–Crippen LogP) is -0.648. The van der Waals surface area contributed by atoms with E-state index in [-0.39, 0.29) is 55.4 Å². The number of aliphatic hydroxyl groups excluding tert-OH is 2. The molecule has 0 radical (unpaired) electrons. The van der Waals surface area contributed by atoms with Gasteiger partial charge in [-0.25, -0.2) is 0 Å². The van der Waals surface area contributed by atoms with Crippen LogP contribution in [0.5, 0.6) is 0 Å². The maximum absolute atomic E-state index is 12.4. The van der Waals surface area contributed by atoms with Gasteiger partial charge in [0.1, 0.15) is 5.69 Å². The first-order valence-corrected chi connectivity index (χ1v) is 6.79. The Labute approximate surface area is 145 Å². The number of aromatic nitrogens is 2. The van der Waals surface area contributed by atoms with Crippen molar-refractivity contribution >= 4 is 41.4 Å². The van der Waals surface area contributed by atoms with Crippen LogP contribution in [0.15, 0.2) is 4.79 Å². The quantitative estimate of drug-likeness (QED) is 0.312. The maximum atomic E-state index is 12.4. The van der Waals surface area contributed by atoms with Crippen molar-refractivity contribution in [3.05, 3.63) is 10.4 Å². The number of ether oxygens (including phenoxy) is 1. The normalized spacial score (nSPS) is 14.7. The number of nitrogen functional groups attached to an aromatic ring is 1. The Kier molecular flexibility index (Phi) is 6.84. The van der Waals surface area contributed by atoms with Crippen molar-refractivity contribution in [3.63, 3.8) is 0 Å². The third kappa shape index (κ3) is 3.45. The van der Waals surface area contributed by atoms with Crippen molar-refractivity contribution in [1.82, 2.24) is 9.55 Å². The lowest BCUT2D eigenvalue weighted by molar-refractivity contribution is -0.101. The van der Waals surface area contributed by atoms with E-state index in [0.717, 1.165) is 0 Å². The summed E-state index contributed by atoms with van der Waals surface area (Å²) in [5.74, 6) is 0.408. The fraction of sp³-hybridized carbons (Fsp3) is 0.667. The van der Waals surface area contributed by atoms with Gasteiger partial charge in [-0.05, 0) is 13.3 Å². The Morgan fingerprint density at radius 1 is 1.50 bits per heavy atom. The van der Waals surface area contributed by atoms with Crippen molar-refractivity contribution in [2.24, 2.45) is 0 Å². The molecule has 0 aliphatic carbocycles. The van der Waals surface area contributed by atoms with Crippen molar-refractivity contribution in [3.8, 4) is 0 Å². The molecule has 4 N–H and O–H groups in total. The summed E-state index contributed by atoms with van der Waals surface area (Å²) >= 11 is 0. The average Bonchev–Trinajstić information content (AvgIpc) is 2.76. The molecule has 126 valence electrons. The lowest BCUT2D eigenvalue weighted by atomic mass is 10.4. The van der Waals surface area contributed by atoms with Crippen LogP contribution in [0, 0.1) is 0 Å². The predicted molar refractivity (Wildman–Crippen MR) is 93.4 cm³/mol. The number of nitrogens with zero attached hydrogens (tertiary/aromatic N) is 4. The van der Waals surface area contributed by atoms with Crippen molar-refractivity contribution in [2.75, 3.05) is 42.5 Å². The molecule has 0 saturated heterocycles. The zero-order valence-corrected chi connectivity index (χ0v) is 14.9. The van der Waals surface area contributed by atoms with E-state index in [1.165, 1.54) is 9.47 Å². The van der Waals surface area contributed by atoms with Crippen LogP contribution in [0.2, 0.25) is 0 Å². The molecule has 2 rings (SSSR count). The van der Waals surface area contributed by atoms with Gasteiger partial charge in [-0.1, -0.05) is 0 Å². The van der Waals surface area contributed by atoms with Gasteiger partial charge in [0.05, 0.1) is 13.3 Å². The molecular weight excluding hydrogens is 405 g/mol. The lowest BCUT2D eigenvalue weighted by Crippen LogP contribution is -2.39. The summed E-state index contributed by atoms with van der Waals surface area (Å²) in [5.41, 5.74) is 5.93. The van der Waals surface area contributed by atoms with E-state index in [2.05, 4.69) is 4.98 Å². The first-order valence-electron chi connectivity index (χ1n) is 6.79. The molecule has 1 aromatic rings. The highest BCUT2D eigenvalue weighted by Crippen LogP contribution is 2.31. The fourth-order valence-corrected chi connectivity index (χ4v) is 2.27. The molecule has 0 aromatic carbocycles. The van der Waals surface area contributed by atoms with E-state index in [1.54, 1.807) is 11.9 Å². The van der Waals surface area contributed by atoms with Crippen LogP contribution in [0.1, 0.15) is 13.3 Å². The van der Waals surface area contributed by atoms with E-state index in [4.69, 9.17) is 15.6 Å². The highest BCUT2D eigenvalue weighted by molar-refractivity contribution is 14.0. The van der Waals surface area contributed by atoms with Gasteiger partial charge in [0.25, 0.3) is 5.56 Å². The van der Waals surface area contributed by atoms with Gasteiger partial charge in [0.2, 0.25) is 12.4 Å². The van der Waals surface area contributed by atoms with Crippen molar-refractivity contribution in [2.45, 2.75) is 26.3 Å². The number of hydrogen-bond acceptors (Lipinski definition) is 8. The smallest absolute Gasteiger partial charge is 0.280 e. The number of fused-ring (bicyclic) bond motifs is 1. The molecule has 22 heavy (non-hydrogen) atoms. The molecule has 9 nitrogen and oxygen atoms in total. The van der Waals surface area contributed by atoms with Crippen LogP contribution in [0.4, 0.5) is 17.5 Å². The van der Waals surface area contributed by atoms with Gasteiger partial charge in [-0.15, -0.1) is 24.0 Å². The minimum Gasteiger partial charge on any atom is -0.396 e. The van der Waals surface area contributed by atoms with Gasteiger partial charge >= 0.3 is 0 Å². The monoisotopic (exact) mass is 427 g/mol. The minimum absolute atomic E-state index is 0. The molecule has 0 spiro atoms. The summed E-state index contributed by atoms with van der Waals surface area (Å²) in [6, 6.07) is 0. The highest BCUT2D eigenvalue weighted by Gasteiger charge is 2.33. The zero-order chi connectivity index (χ0) is 15.6. The molecule has 1 atom stereocenters. The summed E-state index contributed by atoms with van der Waals surface area (Å²) in [6.45, 7) is 2.69. The summed E-state index contributed by atoms with van der Waals surface area (Å²) < 4.78 is 6.59. The first kappa shape index (κ1) is 18.9. The van der Waals surface area contributed by atoms with Crippen LogP contribution in [0.3, 0.4) is 0 Å². The second kappa shape index (κ2) is 7.94. The molecule has 1 aliphatic rings. The second-order valence-electron chi connectivity index (χ2n) is 4.78. The molecule has 0 bridgehead atoms. The number of hydrogen-bond donors (Lipinski definition) is 3. The molecule has 0 fully saturated rings. The standard InChI is InChI=1S/C12H21N5O4.HI/c1-3-16-10(19)8-9(14-11(16)13)17(7-15(8)2)12(20)21-6-4-5-18;/h12,18,20H,3-7H2,1-2H3,(H2,13,14);1H. The van der Waals surface area contributed by atoms with Gasteiger partial charge in [0, 0.05) is 20.2 Å². The number of aliphatic hydroxyl groups is 2. The molecule has 1 unspecified atom stereocenters. The summed E-state index contributed by atoms with van der Waals surface area (Å²) in [4.78, 5) is 19.7. The summed E-state index contributed by atoms with van der Waals surface area (Å²) in [5, 5.41) is 18.8. The van der Waals surface area contributed by atoms with Crippen LogP contribution in [-0.2, 0) is 11.3 Å². The molecule has 10 heteroatoms. The highest BCUT2D eigenvalue weighted by atomic mass is 127. The van der Waals surface area contributed by atoms with E-state index >= 15 is 0 Å². The Hall–Kier alpha value is -1.11. The van der Waals surface area contributed by atoms with E-state index in [1.807, 2.05) is 6.92 Å². The third-order valence-corrected chi connectivity index (χ3v) is 3.33. The van der Waals surface area contributed by atoms with Gasteiger partial charge < -0.3 is 25.6 Å². The van der Waals surface area contributed by atoms with Crippen LogP contribution in [0.25, 0.3) is 0 Å². The van der Waals surface area contributed by atoms with E-state index < -0.39 is 6.41 Å². The number of anilines is 3. The molecule has 1 aromatic heterocycles. The molecule has 0 amide bonds. The SMILES string of the molecule is CCn1c(N)nc2c(c1=O)N(C)CN2C(O)OCCCO.I. The van der Waals surface area contributed by atoms with Crippen LogP contribution in [-0.4, -0.2) is 53.1 Å². The molecular formula is C12H22IN5O4. The average molecular weight is 427 g/mol. The second-order valence-corrected chi connectivity index (χ2v) is 4.78. The zero-order valence-electron chi connectivity index (χ0n) is 12.6. The minimum atomic E-state index is -1.25. The number of rotatable bonds is 6. The lowest BCUT2D eigenvalue weighted by Gasteiger charge is -2.24. The maximum Gasteiger partial charge on any atom is 0.280 e. The molecule has 1 aliphatic heterocycles. The molecule has 0 saturated carbocycles. The van der Waals surface area contributed by atoms with Gasteiger partial charge in [-0.2, -0.15) is 4.98 Å². The summed E-state index contributed by atoms with van der Waals surface area (Å²) in [7, 11) is 1.73. The summed E-state index contributed by atoms with van der Waals surface area (Å²) in [6.07, 6.45) is -0.829. The third-order valence-electron chi connectivity index (χ3n) is 3.33. The molecule has 2 heterocycles. The number of halogens is 1. The van der Waals surface area contributed by atoms with E-state index in [9.17, 15) is 9.90 Å². The van der Waals surface area contributed by atoms with Crippen molar-refractivity contribution in [1.29, 1.82) is 0 Å². The van der Waals surface area contributed by atoms with Crippen LogP contribution >= 0.6 is 24.0 Å². The Balaban J connectivity index is 0.00000242.